The fourth-order valence-electron chi connectivity index (χ4n) is 2.18. The number of carbonyl (C=O) groups is 1. The van der Waals surface area contributed by atoms with Crippen molar-refractivity contribution in [3.63, 3.8) is 0 Å². The lowest BCUT2D eigenvalue weighted by Crippen LogP contribution is -2.48. The molecule has 2 atom stereocenters. The van der Waals surface area contributed by atoms with Crippen molar-refractivity contribution in [2.75, 3.05) is 13.1 Å². The first-order valence-corrected chi connectivity index (χ1v) is 6.78. The first kappa shape index (κ1) is 16.4. The zero-order chi connectivity index (χ0) is 13.3. The molecular formula is C13H17BrClFN2O. The topological polar surface area (TPSA) is 46.3 Å². The third kappa shape index (κ3) is 3.68. The van der Waals surface area contributed by atoms with E-state index in [0.717, 1.165) is 6.42 Å². The van der Waals surface area contributed by atoms with Gasteiger partial charge in [0.15, 0.2) is 0 Å². The third-order valence-corrected chi connectivity index (χ3v) is 4.11. The smallest absolute Gasteiger partial charge is 0.255 e. The predicted octanol–water partition coefficient (Wildman–Crippen LogP) is 2.82. The van der Waals surface area contributed by atoms with Crippen molar-refractivity contribution in [2.45, 2.75) is 19.4 Å². The highest BCUT2D eigenvalue weighted by Crippen LogP contribution is 2.22. The quantitative estimate of drug-likeness (QED) is 0.845. The van der Waals surface area contributed by atoms with E-state index < -0.39 is 5.82 Å². The summed E-state index contributed by atoms with van der Waals surface area (Å²) in [5.74, 6) is -0.265. The first-order chi connectivity index (χ1) is 8.49. The number of benzene rings is 1. The molecule has 1 fully saturated rings. The monoisotopic (exact) mass is 350 g/mol. The lowest BCUT2D eigenvalue weighted by Gasteiger charge is -2.35. The zero-order valence-electron chi connectivity index (χ0n) is 10.6. The normalized spacial score (nSPS) is 22.8. The van der Waals surface area contributed by atoms with Crippen LogP contribution in [0.15, 0.2) is 22.7 Å². The van der Waals surface area contributed by atoms with Crippen molar-refractivity contribution >= 4 is 34.2 Å². The van der Waals surface area contributed by atoms with E-state index in [4.69, 9.17) is 5.73 Å². The van der Waals surface area contributed by atoms with Crippen LogP contribution in [0.5, 0.6) is 0 Å². The summed E-state index contributed by atoms with van der Waals surface area (Å²) in [5, 5.41) is 0. The molecule has 2 N–H and O–H groups in total. The molecule has 0 bridgehead atoms. The highest BCUT2D eigenvalue weighted by Gasteiger charge is 2.27. The minimum atomic E-state index is -0.400. The van der Waals surface area contributed by atoms with Crippen molar-refractivity contribution < 1.29 is 9.18 Å². The molecule has 2 rings (SSSR count). The van der Waals surface area contributed by atoms with E-state index in [1.165, 1.54) is 12.1 Å². The van der Waals surface area contributed by atoms with Crippen molar-refractivity contribution in [2.24, 2.45) is 11.7 Å². The lowest BCUT2D eigenvalue weighted by atomic mass is 9.94. The van der Waals surface area contributed by atoms with Gasteiger partial charge in [-0.1, -0.05) is 6.92 Å². The molecule has 1 heterocycles. The molecule has 1 aromatic rings. The molecule has 19 heavy (non-hydrogen) atoms. The second-order valence-corrected chi connectivity index (χ2v) is 5.66. The maximum Gasteiger partial charge on any atom is 0.255 e. The van der Waals surface area contributed by atoms with Crippen LogP contribution in [-0.4, -0.2) is 29.9 Å². The minimum Gasteiger partial charge on any atom is -0.338 e. The Labute approximate surface area is 126 Å². The Hall–Kier alpha value is -0.650. The van der Waals surface area contributed by atoms with E-state index in [-0.39, 0.29) is 30.3 Å². The Morgan fingerprint density at radius 1 is 1.53 bits per heavy atom. The van der Waals surface area contributed by atoms with Crippen molar-refractivity contribution in [3.8, 4) is 0 Å². The summed E-state index contributed by atoms with van der Waals surface area (Å²) in [6.07, 6.45) is 0.792. The van der Waals surface area contributed by atoms with Gasteiger partial charge in [-0.2, -0.15) is 0 Å². The van der Waals surface area contributed by atoms with Gasteiger partial charge in [-0.05, 0) is 46.5 Å². The van der Waals surface area contributed by atoms with Crippen LogP contribution in [0.1, 0.15) is 23.7 Å². The summed E-state index contributed by atoms with van der Waals surface area (Å²) in [6, 6.07) is 4.30. The van der Waals surface area contributed by atoms with Crippen molar-refractivity contribution in [1.29, 1.82) is 0 Å². The van der Waals surface area contributed by atoms with Gasteiger partial charge in [0.2, 0.25) is 0 Å². The third-order valence-electron chi connectivity index (χ3n) is 3.42. The fourth-order valence-corrected chi connectivity index (χ4v) is 2.60. The first-order valence-electron chi connectivity index (χ1n) is 5.99. The number of halogens is 3. The van der Waals surface area contributed by atoms with Crippen LogP contribution in [0, 0.1) is 11.7 Å². The molecule has 3 nitrogen and oxygen atoms in total. The number of likely N-dealkylation sites (tertiary alicyclic amines) is 1. The molecule has 1 aliphatic rings. The van der Waals surface area contributed by atoms with Gasteiger partial charge in [0.25, 0.3) is 5.91 Å². The van der Waals surface area contributed by atoms with Gasteiger partial charge >= 0.3 is 0 Å². The average molecular weight is 352 g/mol. The fraction of sp³-hybridized carbons (Fsp3) is 0.462. The Bertz CT molecular complexity index is 472. The van der Waals surface area contributed by atoms with Crippen molar-refractivity contribution in [1.82, 2.24) is 4.90 Å². The standard InChI is InChI=1S/C13H16BrFN2O.ClH/c1-8-7-17(5-4-12(8)16)13(18)10-6-9(15)2-3-11(10)14;/h2-3,6,8,12H,4-5,7,16H2,1H3;1H. The number of nitrogens with zero attached hydrogens (tertiary/aromatic N) is 1. The second-order valence-electron chi connectivity index (χ2n) is 4.81. The number of hydrogen-bond acceptors (Lipinski definition) is 2. The molecule has 6 heteroatoms. The number of nitrogens with two attached hydrogens (primary N) is 1. The molecule has 0 spiro atoms. The van der Waals surface area contributed by atoms with Gasteiger partial charge in [-0.15, -0.1) is 12.4 Å². The summed E-state index contributed by atoms with van der Waals surface area (Å²) in [6.45, 7) is 3.29. The van der Waals surface area contributed by atoms with E-state index in [1.54, 1.807) is 11.0 Å². The van der Waals surface area contributed by atoms with Gasteiger partial charge < -0.3 is 10.6 Å². The Morgan fingerprint density at radius 3 is 2.84 bits per heavy atom. The number of amides is 1. The van der Waals surface area contributed by atoms with Crippen LogP contribution in [0.3, 0.4) is 0 Å². The van der Waals surface area contributed by atoms with Crippen LogP contribution < -0.4 is 5.73 Å². The molecule has 2 unspecified atom stereocenters. The van der Waals surface area contributed by atoms with E-state index in [0.29, 0.717) is 23.1 Å². The molecule has 0 aliphatic carbocycles. The van der Waals surface area contributed by atoms with E-state index in [1.807, 2.05) is 6.92 Å². The number of carbonyl (C=O) groups excluding carboxylic acids is 1. The summed E-state index contributed by atoms with van der Waals surface area (Å²) < 4.78 is 13.8. The van der Waals surface area contributed by atoms with E-state index in [2.05, 4.69) is 15.9 Å². The summed E-state index contributed by atoms with van der Waals surface area (Å²) in [7, 11) is 0. The average Bonchev–Trinajstić information content (AvgIpc) is 2.35. The van der Waals surface area contributed by atoms with Gasteiger partial charge in [0.1, 0.15) is 5.82 Å². The Balaban J connectivity index is 0.00000180. The van der Waals surface area contributed by atoms with Gasteiger partial charge in [0.05, 0.1) is 5.56 Å². The zero-order valence-corrected chi connectivity index (χ0v) is 13.0. The van der Waals surface area contributed by atoms with Gasteiger partial charge in [-0.3, -0.25) is 4.79 Å². The van der Waals surface area contributed by atoms with E-state index in [9.17, 15) is 9.18 Å². The molecule has 1 aliphatic heterocycles. The van der Waals surface area contributed by atoms with Crippen LogP contribution in [0.4, 0.5) is 4.39 Å². The van der Waals surface area contributed by atoms with Crippen LogP contribution in [-0.2, 0) is 0 Å². The number of piperidine rings is 1. The van der Waals surface area contributed by atoms with Crippen molar-refractivity contribution in [3.05, 3.63) is 34.1 Å². The molecule has 1 amide bonds. The summed E-state index contributed by atoms with van der Waals surface area (Å²) in [5.41, 5.74) is 6.30. The number of rotatable bonds is 1. The molecule has 0 saturated carbocycles. The molecular weight excluding hydrogens is 335 g/mol. The summed E-state index contributed by atoms with van der Waals surface area (Å²) >= 11 is 3.29. The molecule has 106 valence electrons. The molecule has 0 aromatic heterocycles. The minimum absolute atomic E-state index is 0. The Morgan fingerprint density at radius 2 is 2.21 bits per heavy atom. The largest absolute Gasteiger partial charge is 0.338 e. The molecule has 1 saturated heterocycles. The van der Waals surface area contributed by atoms with Gasteiger partial charge in [-0.25, -0.2) is 4.39 Å². The highest BCUT2D eigenvalue weighted by atomic mass is 79.9. The maximum absolute atomic E-state index is 13.2. The predicted molar refractivity (Wildman–Crippen MR) is 79.0 cm³/mol. The van der Waals surface area contributed by atoms with Gasteiger partial charge in [0, 0.05) is 23.6 Å². The molecule has 1 aromatic carbocycles. The van der Waals surface area contributed by atoms with Crippen LogP contribution in [0.2, 0.25) is 0 Å². The lowest BCUT2D eigenvalue weighted by molar-refractivity contribution is 0.0662. The number of hydrogen-bond donors (Lipinski definition) is 1. The highest BCUT2D eigenvalue weighted by molar-refractivity contribution is 9.10. The van der Waals surface area contributed by atoms with Crippen LogP contribution >= 0.6 is 28.3 Å². The maximum atomic E-state index is 13.2. The molecule has 0 radical (unpaired) electrons. The Kier molecular flexibility index (Phi) is 5.77. The SMILES string of the molecule is CC1CN(C(=O)c2cc(F)ccc2Br)CCC1N.Cl. The van der Waals surface area contributed by atoms with Crippen LogP contribution in [0.25, 0.3) is 0 Å². The second kappa shape index (κ2) is 6.68. The van der Waals surface area contributed by atoms with E-state index >= 15 is 0 Å². The summed E-state index contributed by atoms with van der Waals surface area (Å²) in [4.78, 5) is 14.1.